The highest BCUT2D eigenvalue weighted by atomic mass is 19.4. The van der Waals surface area contributed by atoms with E-state index in [0.29, 0.717) is 25.7 Å². The van der Waals surface area contributed by atoms with Crippen LogP contribution >= 0.6 is 0 Å². The van der Waals surface area contributed by atoms with Gasteiger partial charge in [0.05, 0.1) is 17.9 Å². The Morgan fingerprint density at radius 3 is 2.38 bits per heavy atom. The lowest BCUT2D eigenvalue weighted by molar-refractivity contribution is -0.157. The van der Waals surface area contributed by atoms with Crippen molar-refractivity contribution in [2.45, 2.75) is 50.7 Å². The number of methoxy groups -OCH3 is 1. The molecule has 178 valence electrons. The molecular weight excluding hydrogens is 433 g/mol. The zero-order chi connectivity index (χ0) is 23.8. The van der Waals surface area contributed by atoms with Crippen LogP contribution in [0, 0.1) is 0 Å². The first kappa shape index (κ1) is 25.4. The average Bonchev–Trinajstić information content (AvgIpc) is 2.72. The van der Waals surface area contributed by atoms with Crippen molar-refractivity contribution in [3.05, 3.63) is 23.8 Å². The molecule has 0 aliphatic heterocycles. The molecular formula is C21H27F3N2O6. The Morgan fingerprint density at radius 2 is 1.78 bits per heavy atom. The quantitative estimate of drug-likeness (QED) is 0.434. The number of alkyl halides is 3. The third-order valence-corrected chi connectivity index (χ3v) is 4.97. The zero-order valence-corrected chi connectivity index (χ0v) is 18.0. The van der Waals surface area contributed by atoms with E-state index in [1.54, 1.807) is 0 Å². The number of carbonyl (C=O) groups is 3. The van der Waals surface area contributed by atoms with E-state index in [-0.39, 0.29) is 24.7 Å². The fourth-order valence-electron chi connectivity index (χ4n) is 3.49. The van der Waals surface area contributed by atoms with Crippen molar-refractivity contribution in [2.24, 2.45) is 0 Å². The van der Waals surface area contributed by atoms with Gasteiger partial charge in [0.25, 0.3) is 5.91 Å². The van der Waals surface area contributed by atoms with Gasteiger partial charge in [-0.1, -0.05) is 19.3 Å². The molecule has 0 atom stereocenters. The fraction of sp³-hybridized carbons (Fsp3) is 0.571. The first-order valence-electron chi connectivity index (χ1n) is 10.2. The molecule has 0 spiro atoms. The molecule has 1 aliphatic carbocycles. The maximum absolute atomic E-state index is 13.1. The number of esters is 1. The van der Waals surface area contributed by atoms with E-state index in [1.165, 1.54) is 14.0 Å². The highest BCUT2D eigenvalue weighted by Gasteiger charge is 2.42. The Balaban J connectivity index is 2.08. The molecule has 0 radical (unpaired) electrons. The molecule has 0 saturated heterocycles. The number of ether oxygens (including phenoxy) is 3. The third-order valence-electron chi connectivity index (χ3n) is 4.97. The third kappa shape index (κ3) is 7.11. The van der Waals surface area contributed by atoms with Crippen molar-refractivity contribution in [2.75, 3.05) is 32.2 Å². The van der Waals surface area contributed by atoms with Gasteiger partial charge in [0.1, 0.15) is 17.9 Å². The van der Waals surface area contributed by atoms with Crippen molar-refractivity contribution in [3.63, 3.8) is 0 Å². The lowest BCUT2D eigenvalue weighted by atomic mass is 9.81. The standard InChI is InChI=1S/C21H27F3N2O6/c1-14(27)26-20(8-4-3-5-9-20)19(29)32-13-18(28)25-16-12-15(21(22,23)24)6-7-17(16)31-11-10-30-2/h6-7,12H,3-5,8-11,13H2,1-2H3,(H,25,28)(H,26,27). The number of hydrogen-bond donors (Lipinski definition) is 2. The molecule has 8 nitrogen and oxygen atoms in total. The van der Waals surface area contributed by atoms with Crippen LogP contribution in [-0.4, -0.2) is 50.3 Å². The Morgan fingerprint density at radius 1 is 1.09 bits per heavy atom. The average molecular weight is 460 g/mol. The molecule has 1 aromatic rings. The van der Waals surface area contributed by atoms with Crippen LogP contribution in [0.25, 0.3) is 0 Å². The van der Waals surface area contributed by atoms with Crippen LogP contribution in [0.1, 0.15) is 44.6 Å². The minimum atomic E-state index is -4.62. The van der Waals surface area contributed by atoms with Gasteiger partial charge in [-0.05, 0) is 31.0 Å². The van der Waals surface area contributed by atoms with E-state index in [0.717, 1.165) is 24.6 Å². The van der Waals surface area contributed by atoms with Crippen molar-refractivity contribution in [3.8, 4) is 5.75 Å². The lowest BCUT2D eigenvalue weighted by Crippen LogP contribution is -2.56. The highest BCUT2D eigenvalue weighted by molar-refractivity contribution is 5.95. The number of amides is 2. The Labute approximate surface area is 183 Å². The predicted molar refractivity (Wildman–Crippen MR) is 108 cm³/mol. The maximum atomic E-state index is 13.1. The minimum absolute atomic E-state index is 0.0109. The molecule has 2 N–H and O–H groups in total. The molecule has 32 heavy (non-hydrogen) atoms. The van der Waals surface area contributed by atoms with Crippen LogP contribution in [0.2, 0.25) is 0 Å². The summed E-state index contributed by atoms with van der Waals surface area (Å²) in [4.78, 5) is 36.5. The van der Waals surface area contributed by atoms with Gasteiger partial charge in [-0.25, -0.2) is 4.79 Å². The summed E-state index contributed by atoms with van der Waals surface area (Å²) in [7, 11) is 1.44. The van der Waals surface area contributed by atoms with Crippen LogP contribution in [0.5, 0.6) is 5.75 Å². The van der Waals surface area contributed by atoms with Crippen molar-refractivity contribution in [1.82, 2.24) is 5.32 Å². The SMILES string of the molecule is COCCOc1ccc(C(F)(F)F)cc1NC(=O)COC(=O)C1(NC(C)=O)CCCCC1. The molecule has 0 aromatic heterocycles. The van der Waals surface area contributed by atoms with Gasteiger partial charge < -0.3 is 24.8 Å². The second kappa shape index (κ2) is 11.2. The molecule has 11 heteroatoms. The Hall–Kier alpha value is -2.82. The Bertz CT molecular complexity index is 822. The number of carbonyl (C=O) groups excluding carboxylic acids is 3. The molecule has 0 unspecified atom stereocenters. The van der Waals surface area contributed by atoms with E-state index in [4.69, 9.17) is 14.2 Å². The second-order valence-electron chi connectivity index (χ2n) is 7.50. The van der Waals surface area contributed by atoms with E-state index in [1.807, 2.05) is 0 Å². The van der Waals surface area contributed by atoms with Gasteiger partial charge in [0, 0.05) is 14.0 Å². The Kier molecular flexibility index (Phi) is 8.88. The molecule has 1 aromatic carbocycles. The maximum Gasteiger partial charge on any atom is 0.416 e. The summed E-state index contributed by atoms with van der Waals surface area (Å²) in [5.41, 5.74) is -2.39. The minimum Gasteiger partial charge on any atom is -0.489 e. The monoisotopic (exact) mass is 460 g/mol. The summed E-state index contributed by atoms with van der Waals surface area (Å²) in [6.07, 6.45) is -1.50. The first-order chi connectivity index (χ1) is 15.1. The second-order valence-corrected chi connectivity index (χ2v) is 7.50. The first-order valence-corrected chi connectivity index (χ1v) is 10.2. The normalized spacial score (nSPS) is 15.5. The van der Waals surface area contributed by atoms with E-state index in [9.17, 15) is 27.6 Å². The van der Waals surface area contributed by atoms with Gasteiger partial charge in [-0.2, -0.15) is 13.2 Å². The fourth-order valence-corrected chi connectivity index (χ4v) is 3.49. The van der Waals surface area contributed by atoms with Crippen molar-refractivity contribution < 1.29 is 41.8 Å². The smallest absolute Gasteiger partial charge is 0.416 e. The van der Waals surface area contributed by atoms with Gasteiger partial charge >= 0.3 is 12.1 Å². The largest absolute Gasteiger partial charge is 0.489 e. The molecule has 1 fully saturated rings. The summed E-state index contributed by atoms with van der Waals surface area (Å²) in [5, 5.41) is 4.92. The molecule has 0 bridgehead atoms. The van der Waals surface area contributed by atoms with E-state index < -0.39 is 41.7 Å². The van der Waals surface area contributed by atoms with Crippen LogP contribution < -0.4 is 15.4 Å². The van der Waals surface area contributed by atoms with Crippen LogP contribution in [0.3, 0.4) is 0 Å². The van der Waals surface area contributed by atoms with Gasteiger partial charge in [-0.15, -0.1) is 0 Å². The zero-order valence-electron chi connectivity index (χ0n) is 18.0. The van der Waals surface area contributed by atoms with Crippen LogP contribution in [0.4, 0.5) is 18.9 Å². The molecule has 0 heterocycles. The number of nitrogens with one attached hydrogen (secondary N) is 2. The molecule has 2 rings (SSSR count). The van der Waals surface area contributed by atoms with Crippen LogP contribution in [0.15, 0.2) is 18.2 Å². The predicted octanol–water partition coefficient (Wildman–Crippen LogP) is 3.05. The summed E-state index contributed by atoms with van der Waals surface area (Å²) in [5.74, 6) is -1.97. The van der Waals surface area contributed by atoms with Gasteiger partial charge in [-0.3, -0.25) is 9.59 Å². The molecule has 2 amide bonds. The summed E-state index contributed by atoms with van der Waals surface area (Å²) in [6, 6.07) is 2.66. The van der Waals surface area contributed by atoms with Crippen molar-refractivity contribution >= 4 is 23.5 Å². The summed E-state index contributed by atoms with van der Waals surface area (Å²) < 4.78 is 54.5. The number of hydrogen-bond acceptors (Lipinski definition) is 6. The number of anilines is 1. The molecule has 1 aliphatic rings. The van der Waals surface area contributed by atoms with Gasteiger partial charge in [0.2, 0.25) is 5.91 Å². The van der Waals surface area contributed by atoms with E-state index >= 15 is 0 Å². The highest BCUT2D eigenvalue weighted by Crippen LogP contribution is 2.35. The number of benzene rings is 1. The number of halogens is 3. The number of rotatable bonds is 9. The van der Waals surface area contributed by atoms with Gasteiger partial charge in [0.15, 0.2) is 6.61 Å². The lowest BCUT2D eigenvalue weighted by Gasteiger charge is -2.35. The summed E-state index contributed by atoms with van der Waals surface area (Å²) in [6.45, 7) is 0.805. The van der Waals surface area contributed by atoms with E-state index in [2.05, 4.69) is 10.6 Å². The summed E-state index contributed by atoms with van der Waals surface area (Å²) >= 11 is 0. The topological polar surface area (TPSA) is 103 Å². The van der Waals surface area contributed by atoms with Crippen molar-refractivity contribution in [1.29, 1.82) is 0 Å². The van der Waals surface area contributed by atoms with Crippen LogP contribution in [-0.2, 0) is 30.0 Å². The molecule has 1 saturated carbocycles.